The zero-order valence-electron chi connectivity index (χ0n) is 17.1. The van der Waals surface area contributed by atoms with Crippen LogP contribution in [0.1, 0.15) is 36.0 Å². The third-order valence-corrected chi connectivity index (χ3v) is 10.4. The summed E-state index contributed by atoms with van der Waals surface area (Å²) >= 11 is 0. The van der Waals surface area contributed by atoms with E-state index in [0.717, 1.165) is 44.1 Å². The van der Waals surface area contributed by atoms with Gasteiger partial charge in [-0.1, -0.05) is 36.4 Å². The quantitative estimate of drug-likeness (QED) is 0.660. The lowest BCUT2D eigenvalue weighted by molar-refractivity contribution is 0.519. The van der Waals surface area contributed by atoms with E-state index in [2.05, 4.69) is 17.4 Å². The standard InChI is InChI=1S/C23H29NO4S2/c25-29(26)16-22(24-14-6-9-18-7-2-1-3-8-18)23(17-29)30(27,28)21-13-12-19-10-4-5-11-20(19)15-21/h1-3,7-8,12-13,15,22-24H,4-6,9-11,14,16-17H2/t22-,23-/m0/s1. The van der Waals surface area contributed by atoms with Crippen molar-refractivity contribution in [3.63, 3.8) is 0 Å². The summed E-state index contributed by atoms with van der Waals surface area (Å²) in [6, 6.07) is 14.9. The minimum atomic E-state index is -3.72. The van der Waals surface area contributed by atoms with Crippen molar-refractivity contribution in [1.82, 2.24) is 5.32 Å². The average molecular weight is 448 g/mol. The highest BCUT2D eigenvalue weighted by Crippen LogP contribution is 2.29. The number of rotatable bonds is 7. The normalized spacial score (nSPS) is 23.2. The summed E-state index contributed by atoms with van der Waals surface area (Å²) in [6.45, 7) is 0.589. The van der Waals surface area contributed by atoms with Crippen molar-refractivity contribution >= 4 is 19.7 Å². The smallest absolute Gasteiger partial charge is 0.183 e. The topological polar surface area (TPSA) is 80.3 Å². The fourth-order valence-electron chi connectivity index (χ4n) is 4.60. The van der Waals surface area contributed by atoms with Gasteiger partial charge in [-0.05, 0) is 73.9 Å². The van der Waals surface area contributed by atoms with Crippen molar-refractivity contribution < 1.29 is 16.8 Å². The molecule has 30 heavy (non-hydrogen) atoms. The monoisotopic (exact) mass is 447 g/mol. The van der Waals surface area contributed by atoms with Gasteiger partial charge in [0, 0.05) is 6.04 Å². The van der Waals surface area contributed by atoms with Crippen molar-refractivity contribution in [1.29, 1.82) is 0 Å². The molecule has 162 valence electrons. The Morgan fingerprint density at radius 2 is 1.67 bits per heavy atom. The number of aryl methyl sites for hydroxylation is 3. The summed E-state index contributed by atoms with van der Waals surface area (Å²) < 4.78 is 51.4. The lowest BCUT2D eigenvalue weighted by Crippen LogP contribution is -2.43. The summed E-state index contributed by atoms with van der Waals surface area (Å²) in [6.07, 6.45) is 5.78. The maximum Gasteiger partial charge on any atom is 0.183 e. The Hall–Kier alpha value is -1.70. The van der Waals surface area contributed by atoms with Crippen LogP contribution in [0.15, 0.2) is 53.4 Å². The Labute approximate surface area is 179 Å². The molecular weight excluding hydrogens is 418 g/mol. The van der Waals surface area contributed by atoms with Gasteiger partial charge in [-0.15, -0.1) is 0 Å². The number of nitrogens with one attached hydrogen (secondary N) is 1. The molecule has 1 saturated heterocycles. The largest absolute Gasteiger partial charge is 0.312 e. The van der Waals surface area contributed by atoms with E-state index < -0.39 is 31.0 Å². The number of sulfone groups is 2. The lowest BCUT2D eigenvalue weighted by atomic mass is 9.92. The van der Waals surface area contributed by atoms with E-state index in [9.17, 15) is 16.8 Å². The summed E-state index contributed by atoms with van der Waals surface area (Å²) in [5, 5.41) is 2.31. The van der Waals surface area contributed by atoms with Crippen molar-refractivity contribution in [3.8, 4) is 0 Å². The van der Waals surface area contributed by atoms with Gasteiger partial charge in [0.25, 0.3) is 0 Å². The van der Waals surface area contributed by atoms with E-state index >= 15 is 0 Å². The van der Waals surface area contributed by atoms with Gasteiger partial charge in [0.1, 0.15) is 0 Å². The molecular formula is C23H29NO4S2. The van der Waals surface area contributed by atoms with Crippen LogP contribution in [0.3, 0.4) is 0 Å². The van der Waals surface area contributed by atoms with E-state index in [1.807, 2.05) is 24.3 Å². The SMILES string of the molecule is O=S1(=O)C[C@H](NCCCc2ccccc2)[C@@H](S(=O)(=O)c2ccc3c(c2)CCCC3)C1. The van der Waals surface area contributed by atoms with Gasteiger partial charge in [0.15, 0.2) is 19.7 Å². The first-order valence-electron chi connectivity index (χ1n) is 10.7. The van der Waals surface area contributed by atoms with Crippen LogP contribution in [0.4, 0.5) is 0 Å². The number of hydrogen-bond acceptors (Lipinski definition) is 5. The molecule has 1 aliphatic heterocycles. The Bertz CT molecular complexity index is 1100. The van der Waals surface area contributed by atoms with E-state index in [0.29, 0.717) is 6.54 Å². The van der Waals surface area contributed by atoms with Crippen LogP contribution in [-0.4, -0.2) is 46.2 Å². The predicted octanol–water partition coefficient (Wildman–Crippen LogP) is 2.73. The number of hydrogen-bond donors (Lipinski definition) is 1. The van der Waals surface area contributed by atoms with Crippen molar-refractivity contribution in [3.05, 3.63) is 65.2 Å². The molecule has 2 aromatic rings. The summed E-state index contributed by atoms with van der Waals surface area (Å²) in [7, 11) is -7.11. The third kappa shape index (κ3) is 4.79. The van der Waals surface area contributed by atoms with Crippen LogP contribution in [0.2, 0.25) is 0 Å². The molecule has 0 spiro atoms. The first kappa shape index (κ1) is 21.5. The van der Waals surface area contributed by atoms with Gasteiger partial charge in [-0.2, -0.15) is 0 Å². The van der Waals surface area contributed by atoms with Crippen molar-refractivity contribution in [2.24, 2.45) is 0 Å². The molecule has 5 nitrogen and oxygen atoms in total. The van der Waals surface area contributed by atoms with Crippen LogP contribution in [-0.2, 0) is 38.9 Å². The fourth-order valence-corrected chi connectivity index (χ4v) is 9.36. The van der Waals surface area contributed by atoms with Crippen LogP contribution in [0, 0.1) is 0 Å². The highest BCUT2D eigenvalue weighted by Gasteiger charge is 2.45. The van der Waals surface area contributed by atoms with Crippen molar-refractivity contribution in [2.75, 3.05) is 18.1 Å². The second-order valence-electron chi connectivity index (χ2n) is 8.45. The molecule has 4 rings (SSSR count). The van der Waals surface area contributed by atoms with Crippen LogP contribution < -0.4 is 5.32 Å². The highest BCUT2D eigenvalue weighted by molar-refractivity contribution is 7.96. The zero-order valence-corrected chi connectivity index (χ0v) is 18.7. The van der Waals surface area contributed by atoms with Gasteiger partial charge in [0.05, 0.1) is 21.7 Å². The Morgan fingerprint density at radius 3 is 2.43 bits per heavy atom. The third-order valence-electron chi connectivity index (χ3n) is 6.24. The van der Waals surface area contributed by atoms with Gasteiger partial charge in [0.2, 0.25) is 0 Å². The molecule has 0 unspecified atom stereocenters. The summed E-state index contributed by atoms with van der Waals surface area (Å²) in [4.78, 5) is 0.265. The molecule has 1 fully saturated rings. The molecule has 1 heterocycles. The molecule has 0 aromatic heterocycles. The molecule has 2 atom stereocenters. The Morgan fingerprint density at radius 1 is 0.933 bits per heavy atom. The molecule has 7 heteroatoms. The highest BCUT2D eigenvalue weighted by atomic mass is 32.2. The Balaban J connectivity index is 1.47. The maximum absolute atomic E-state index is 13.4. The van der Waals surface area contributed by atoms with Crippen LogP contribution in [0.5, 0.6) is 0 Å². The minimum Gasteiger partial charge on any atom is -0.312 e. The van der Waals surface area contributed by atoms with Crippen LogP contribution in [0.25, 0.3) is 0 Å². The predicted molar refractivity (Wildman–Crippen MR) is 119 cm³/mol. The van der Waals surface area contributed by atoms with Gasteiger partial charge in [-0.25, -0.2) is 16.8 Å². The lowest BCUT2D eigenvalue weighted by Gasteiger charge is -2.22. The van der Waals surface area contributed by atoms with Gasteiger partial charge in [-0.3, -0.25) is 0 Å². The van der Waals surface area contributed by atoms with E-state index in [1.54, 1.807) is 12.1 Å². The number of fused-ring (bicyclic) bond motifs is 1. The second-order valence-corrected chi connectivity index (χ2v) is 12.8. The van der Waals surface area contributed by atoms with Crippen molar-refractivity contribution in [2.45, 2.75) is 54.7 Å². The molecule has 2 aromatic carbocycles. The number of benzene rings is 2. The maximum atomic E-state index is 13.4. The Kier molecular flexibility index (Phi) is 6.32. The summed E-state index contributed by atoms with van der Waals surface area (Å²) in [5.74, 6) is -0.421. The molecule has 0 saturated carbocycles. The zero-order chi connectivity index (χ0) is 21.2. The molecule has 1 aliphatic carbocycles. The second kappa shape index (κ2) is 8.81. The average Bonchev–Trinajstić information content (AvgIpc) is 3.07. The van der Waals surface area contributed by atoms with Crippen LogP contribution >= 0.6 is 0 Å². The molecule has 1 N–H and O–H groups in total. The minimum absolute atomic E-state index is 0.118. The fraction of sp³-hybridized carbons (Fsp3) is 0.478. The van der Waals surface area contributed by atoms with E-state index in [-0.39, 0.29) is 16.4 Å². The molecule has 2 aliphatic rings. The molecule has 0 bridgehead atoms. The van der Waals surface area contributed by atoms with E-state index in [1.165, 1.54) is 11.1 Å². The first-order chi connectivity index (χ1) is 14.4. The van der Waals surface area contributed by atoms with E-state index in [4.69, 9.17) is 0 Å². The van der Waals surface area contributed by atoms with Gasteiger partial charge >= 0.3 is 0 Å². The molecule has 0 amide bonds. The van der Waals surface area contributed by atoms with Gasteiger partial charge < -0.3 is 5.32 Å². The summed E-state index contributed by atoms with van der Waals surface area (Å²) in [5.41, 5.74) is 3.53. The molecule has 0 radical (unpaired) electrons. The first-order valence-corrected chi connectivity index (χ1v) is 14.1.